The lowest BCUT2D eigenvalue weighted by molar-refractivity contribution is -0.119. The van der Waals surface area contributed by atoms with Crippen molar-refractivity contribution in [3.63, 3.8) is 0 Å². The van der Waals surface area contributed by atoms with E-state index in [1.54, 1.807) is 7.11 Å². The Labute approximate surface area is 114 Å². The first kappa shape index (κ1) is 14.2. The molecule has 0 aromatic carbocycles. The van der Waals surface area contributed by atoms with Crippen LogP contribution < -0.4 is 10.6 Å². The minimum Gasteiger partial charge on any atom is -0.381 e. The van der Waals surface area contributed by atoms with E-state index in [0.29, 0.717) is 23.1 Å². The van der Waals surface area contributed by atoms with Gasteiger partial charge in [0.2, 0.25) is 5.91 Å². The minimum atomic E-state index is 0.195. The van der Waals surface area contributed by atoms with Crippen molar-refractivity contribution in [2.75, 3.05) is 26.0 Å². The molecule has 4 nitrogen and oxygen atoms in total. The van der Waals surface area contributed by atoms with Gasteiger partial charge < -0.3 is 15.4 Å². The van der Waals surface area contributed by atoms with Crippen molar-refractivity contribution >= 4 is 17.7 Å². The topological polar surface area (TPSA) is 50.4 Å². The van der Waals surface area contributed by atoms with Crippen LogP contribution in [0, 0.1) is 0 Å². The molecule has 2 N–H and O–H groups in total. The molecule has 0 aromatic rings. The lowest BCUT2D eigenvalue weighted by atomic mass is 10.2. The summed E-state index contributed by atoms with van der Waals surface area (Å²) in [6, 6.07) is 0.330. The molecule has 2 atom stereocenters. The summed E-state index contributed by atoms with van der Waals surface area (Å²) >= 11 is 1.81. The number of nitrogens with one attached hydrogen (secondary N) is 2. The number of rotatable bonds is 5. The number of carbonyl (C=O) groups is 1. The Morgan fingerprint density at radius 3 is 2.78 bits per heavy atom. The Morgan fingerprint density at radius 2 is 2.11 bits per heavy atom. The Balaban J connectivity index is 1.60. The molecule has 0 bridgehead atoms. The normalized spacial score (nSPS) is 29.4. The quantitative estimate of drug-likeness (QED) is 0.788. The van der Waals surface area contributed by atoms with Crippen LogP contribution in [0.5, 0.6) is 0 Å². The molecule has 1 heterocycles. The molecule has 5 heteroatoms. The number of piperidine rings is 1. The van der Waals surface area contributed by atoms with Crippen LogP contribution in [-0.2, 0) is 9.53 Å². The van der Waals surface area contributed by atoms with E-state index >= 15 is 0 Å². The zero-order valence-corrected chi connectivity index (χ0v) is 11.9. The Morgan fingerprint density at radius 1 is 1.33 bits per heavy atom. The average molecular weight is 272 g/mol. The maximum Gasteiger partial charge on any atom is 0.230 e. The molecule has 0 radical (unpaired) electrons. The molecule has 1 saturated carbocycles. The second-order valence-corrected chi connectivity index (χ2v) is 6.48. The van der Waals surface area contributed by atoms with Gasteiger partial charge in [0, 0.05) is 18.4 Å². The van der Waals surface area contributed by atoms with Crippen LogP contribution >= 0.6 is 11.8 Å². The summed E-state index contributed by atoms with van der Waals surface area (Å²) < 4.78 is 5.31. The van der Waals surface area contributed by atoms with E-state index in [0.717, 1.165) is 32.4 Å². The third-order valence-corrected chi connectivity index (χ3v) is 5.19. The molecule has 2 aliphatic rings. The summed E-state index contributed by atoms with van der Waals surface area (Å²) in [7, 11) is 1.75. The van der Waals surface area contributed by atoms with Crippen LogP contribution in [0.4, 0.5) is 0 Å². The minimum absolute atomic E-state index is 0.195. The summed E-state index contributed by atoms with van der Waals surface area (Å²) in [5, 5.41) is 7.13. The van der Waals surface area contributed by atoms with Gasteiger partial charge in [-0.1, -0.05) is 0 Å². The van der Waals surface area contributed by atoms with Crippen molar-refractivity contribution in [1.29, 1.82) is 0 Å². The highest BCUT2D eigenvalue weighted by Gasteiger charge is 2.25. The lowest BCUT2D eigenvalue weighted by Crippen LogP contribution is -2.36. The number of amides is 1. The number of carbonyl (C=O) groups excluding carboxylic acids is 1. The van der Waals surface area contributed by atoms with Gasteiger partial charge in [0.05, 0.1) is 11.9 Å². The second kappa shape index (κ2) is 7.36. The van der Waals surface area contributed by atoms with Crippen molar-refractivity contribution in [2.24, 2.45) is 0 Å². The molecule has 0 aromatic heterocycles. The van der Waals surface area contributed by atoms with E-state index in [2.05, 4.69) is 10.6 Å². The van der Waals surface area contributed by atoms with Crippen molar-refractivity contribution in [1.82, 2.24) is 10.6 Å². The third kappa shape index (κ3) is 4.44. The predicted octanol–water partition coefficient (Wildman–Crippen LogP) is 1.16. The molecular formula is C13H24N2O2S. The molecule has 1 aliphatic heterocycles. The van der Waals surface area contributed by atoms with Crippen molar-refractivity contribution in [3.8, 4) is 0 Å². The number of hydrogen-bond acceptors (Lipinski definition) is 4. The lowest BCUT2D eigenvalue weighted by Gasteiger charge is -2.22. The average Bonchev–Trinajstić information content (AvgIpc) is 2.85. The van der Waals surface area contributed by atoms with Gasteiger partial charge in [-0.25, -0.2) is 0 Å². The van der Waals surface area contributed by atoms with Crippen molar-refractivity contribution in [2.45, 2.75) is 49.5 Å². The highest BCUT2D eigenvalue weighted by Crippen LogP contribution is 2.22. The van der Waals surface area contributed by atoms with E-state index in [1.165, 1.54) is 12.8 Å². The summed E-state index contributed by atoms with van der Waals surface area (Å²) in [6.45, 7) is 2.19. The first-order chi connectivity index (χ1) is 8.78. The maximum atomic E-state index is 11.8. The first-order valence-electron chi connectivity index (χ1n) is 6.92. The van der Waals surface area contributed by atoms with Gasteiger partial charge in [0.15, 0.2) is 0 Å². The van der Waals surface area contributed by atoms with Gasteiger partial charge in [-0.2, -0.15) is 0 Å². The third-order valence-electron chi connectivity index (χ3n) is 3.82. The van der Waals surface area contributed by atoms with E-state index in [-0.39, 0.29) is 5.91 Å². The Bertz CT molecular complexity index is 270. The van der Waals surface area contributed by atoms with Crippen molar-refractivity contribution in [3.05, 3.63) is 0 Å². The Hall–Kier alpha value is -0.260. The first-order valence-corrected chi connectivity index (χ1v) is 7.97. The van der Waals surface area contributed by atoms with Gasteiger partial charge >= 0.3 is 0 Å². The van der Waals surface area contributed by atoms with Gasteiger partial charge in [0.1, 0.15) is 0 Å². The van der Waals surface area contributed by atoms with Crippen LogP contribution in [0.15, 0.2) is 0 Å². The highest BCUT2D eigenvalue weighted by atomic mass is 32.2. The van der Waals surface area contributed by atoms with E-state index in [4.69, 9.17) is 4.74 Å². The zero-order chi connectivity index (χ0) is 12.8. The molecule has 1 saturated heterocycles. The molecule has 1 aliphatic carbocycles. The standard InChI is InChI=1S/C13H24N2O2S/c1-17-11-3-2-10(8-11)15-13(16)9-18-12-4-6-14-7-5-12/h10-12,14H,2-9H2,1H3,(H,15,16). The van der Waals surface area contributed by atoms with E-state index in [9.17, 15) is 4.79 Å². The maximum absolute atomic E-state index is 11.8. The number of hydrogen-bond donors (Lipinski definition) is 2. The zero-order valence-electron chi connectivity index (χ0n) is 11.1. The van der Waals surface area contributed by atoms with Gasteiger partial charge in [-0.3, -0.25) is 4.79 Å². The fourth-order valence-electron chi connectivity index (χ4n) is 2.71. The summed E-state index contributed by atoms with van der Waals surface area (Å²) in [6.07, 6.45) is 5.82. The smallest absolute Gasteiger partial charge is 0.230 e. The van der Waals surface area contributed by atoms with Crippen LogP contribution in [0.3, 0.4) is 0 Å². The summed E-state index contributed by atoms with van der Waals surface area (Å²) in [4.78, 5) is 11.8. The predicted molar refractivity (Wildman–Crippen MR) is 74.9 cm³/mol. The number of methoxy groups -OCH3 is 1. The van der Waals surface area contributed by atoms with E-state index < -0.39 is 0 Å². The van der Waals surface area contributed by atoms with Crippen LogP contribution in [-0.4, -0.2) is 49.3 Å². The molecule has 1 amide bonds. The molecule has 0 spiro atoms. The fraction of sp³-hybridized carbons (Fsp3) is 0.923. The number of thioether (sulfide) groups is 1. The summed E-state index contributed by atoms with van der Waals surface area (Å²) in [5.41, 5.74) is 0. The molecule has 104 valence electrons. The van der Waals surface area contributed by atoms with Crippen LogP contribution in [0.2, 0.25) is 0 Å². The molecule has 2 rings (SSSR count). The Kier molecular flexibility index (Phi) is 5.79. The van der Waals surface area contributed by atoms with Gasteiger partial charge in [-0.15, -0.1) is 11.8 Å². The highest BCUT2D eigenvalue weighted by molar-refractivity contribution is 8.00. The summed E-state index contributed by atoms with van der Waals surface area (Å²) in [5.74, 6) is 0.805. The SMILES string of the molecule is COC1CCC(NC(=O)CSC2CCNCC2)C1. The molecule has 18 heavy (non-hydrogen) atoms. The van der Waals surface area contributed by atoms with Crippen LogP contribution in [0.1, 0.15) is 32.1 Å². The molecule has 2 fully saturated rings. The molecule has 2 unspecified atom stereocenters. The monoisotopic (exact) mass is 272 g/mol. The number of ether oxygens (including phenoxy) is 1. The van der Waals surface area contributed by atoms with E-state index in [1.807, 2.05) is 11.8 Å². The van der Waals surface area contributed by atoms with Crippen LogP contribution in [0.25, 0.3) is 0 Å². The molecular weight excluding hydrogens is 248 g/mol. The largest absolute Gasteiger partial charge is 0.381 e. The second-order valence-electron chi connectivity index (χ2n) is 5.20. The van der Waals surface area contributed by atoms with Crippen molar-refractivity contribution < 1.29 is 9.53 Å². The van der Waals surface area contributed by atoms with Gasteiger partial charge in [0.25, 0.3) is 0 Å². The van der Waals surface area contributed by atoms with Gasteiger partial charge in [-0.05, 0) is 45.2 Å². The fourth-order valence-corrected chi connectivity index (χ4v) is 3.75.